The molecule has 0 bridgehead atoms. The van der Waals surface area contributed by atoms with Crippen molar-refractivity contribution in [2.45, 2.75) is 0 Å². The Morgan fingerprint density at radius 3 is 2.78 bits per heavy atom. The van der Waals surface area contributed by atoms with Crippen LogP contribution in [0.25, 0.3) is 28.1 Å². The van der Waals surface area contributed by atoms with Gasteiger partial charge in [0.15, 0.2) is 0 Å². The van der Waals surface area contributed by atoms with Gasteiger partial charge in [0.05, 0.1) is 12.6 Å². The Balaban J connectivity index is 1.96. The lowest BCUT2D eigenvalue weighted by molar-refractivity contribution is -0.134. The van der Waals surface area contributed by atoms with Gasteiger partial charge in [0.1, 0.15) is 5.82 Å². The molecule has 0 aliphatic heterocycles. The SMILES string of the molecule is COC(=O)C=Cc1ccc2cc(-c3cccc(F)c3)cnc2c1. The average molecular weight is 307 g/mol. The Bertz CT molecular complexity index is 903. The highest BCUT2D eigenvalue weighted by molar-refractivity contribution is 5.89. The molecule has 3 nitrogen and oxygen atoms in total. The first-order valence-electron chi connectivity index (χ1n) is 7.07. The lowest BCUT2D eigenvalue weighted by Crippen LogP contribution is -1.93. The minimum atomic E-state index is -0.403. The molecule has 0 spiro atoms. The van der Waals surface area contributed by atoms with E-state index in [-0.39, 0.29) is 5.82 Å². The van der Waals surface area contributed by atoms with Crippen molar-refractivity contribution in [1.29, 1.82) is 0 Å². The standard InChI is InChI=1S/C19H14FNO2/c1-23-19(22)8-6-13-5-7-15-10-16(12-21-18(15)9-13)14-3-2-4-17(20)11-14/h2-12H,1H3. The summed E-state index contributed by atoms with van der Waals surface area (Å²) in [6, 6.07) is 14.1. The Morgan fingerprint density at radius 2 is 2.00 bits per heavy atom. The molecule has 0 aliphatic rings. The Labute approximate surface area is 133 Å². The number of hydrogen-bond donors (Lipinski definition) is 0. The molecule has 114 valence electrons. The summed E-state index contributed by atoms with van der Waals surface area (Å²) < 4.78 is 17.9. The van der Waals surface area contributed by atoms with Crippen LogP contribution < -0.4 is 0 Å². The first-order chi connectivity index (χ1) is 11.2. The van der Waals surface area contributed by atoms with Gasteiger partial charge >= 0.3 is 5.97 Å². The number of halogens is 1. The number of benzene rings is 2. The number of pyridine rings is 1. The second-order valence-corrected chi connectivity index (χ2v) is 5.04. The van der Waals surface area contributed by atoms with Crippen LogP contribution in [0.15, 0.2) is 60.8 Å². The maximum absolute atomic E-state index is 13.3. The van der Waals surface area contributed by atoms with E-state index < -0.39 is 5.97 Å². The van der Waals surface area contributed by atoms with E-state index in [2.05, 4.69) is 9.72 Å². The molecule has 0 saturated carbocycles. The number of carbonyl (C=O) groups excluding carboxylic acids is 1. The Kier molecular flexibility index (Phi) is 4.15. The summed E-state index contributed by atoms with van der Waals surface area (Å²) in [7, 11) is 1.34. The number of fused-ring (bicyclic) bond motifs is 1. The number of carbonyl (C=O) groups is 1. The van der Waals surface area contributed by atoms with E-state index in [0.717, 1.165) is 27.6 Å². The summed E-state index contributed by atoms with van der Waals surface area (Å²) in [4.78, 5) is 15.5. The first-order valence-corrected chi connectivity index (χ1v) is 7.07. The molecule has 0 radical (unpaired) electrons. The molecule has 0 amide bonds. The van der Waals surface area contributed by atoms with Crippen molar-refractivity contribution in [3.8, 4) is 11.1 Å². The van der Waals surface area contributed by atoms with E-state index in [9.17, 15) is 9.18 Å². The lowest BCUT2D eigenvalue weighted by Gasteiger charge is -2.04. The largest absolute Gasteiger partial charge is 0.466 e. The molecule has 0 atom stereocenters. The molecule has 1 heterocycles. The number of methoxy groups -OCH3 is 1. The number of hydrogen-bond acceptors (Lipinski definition) is 3. The van der Waals surface area contributed by atoms with Gasteiger partial charge in [-0.15, -0.1) is 0 Å². The van der Waals surface area contributed by atoms with Gasteiger partial charge in [-0.05, 0) is 41.5 Å². The van der Waals surface area contributed by atoms with Crippen molar-refractivity contribution < 1.29 is 13.9 Å². The van der Waals surface area contributed by atoms with Crippen LogP contribution in [-0.4, -0.2) is 18.1 Å². The lowest BCUT2D eigenvalue weighted by atomic mass is 10.0. The predicted octanol–water partition coefficient (Wildman–Crippen LogP) is 4.23. The molecule has 0 fully saturated rings. The van der Waals surface area contributed by atoms with Crippen LogP contribution >= 0.6 is 0 Å². The molecule has 23 heavy (non-hydrogen) atoms. The summed E-state index contributed by atoms with van der Waals surface area (Å²) in [6.07, 6.45) is 4.75. The smallest absolute Gasteiger partial charge is 0.330 e. The second kappa shape index (κ2) is 6.40. The number of esters is 1. The molecular weight excluding hydrogens is 293 g/mol. The zero-order valence-corrected chi connectivity index (χ0v) is 12.5. The highest BCUT2D eigenvalue weighted by atomic mass is 19.1. The van der Waals surface area contributed by atoms with Crippen molar-refractivity contribution in [3.05, 3.63) is 72.2 Å². The van der Waals surface area contributed by atoms with Crippen molar-refractivity contribution in [2.24, 2.45) is 0 Å². The average Bonchev–Trinajstić information content (AvgIpc) is 2.59. The van der Waals surface area contributed by atoms with Gasteiger partial charge in [-0.1, -0.05) is 24.3 Å². The van der Waals surface area contributed by atoms with E-state index in [1.165, 1.54) is 25.3 Å². The molecule has 2 aromatic carbocycles. The second-order valence-electron chi connectivity index (χ2n) is 5.04. The van der Waals surface area contributed by atoms with Crippen LogP contribution in [0.4, 0.5) is 4.39 Å². The molecular formula is C19H14FNO2. The molecule has 3 aromatic rings. The third-order valence-electron chi connectivity index (χ3n) is 3.48. The minimum absolute atomic E-state index is 0.272. The topological polar surface area (TPSA) is 39.2 Å². The number of aromatic nitrogens is 1. The molecule has 4 heteroatoms. The van der Waals surface area contributed by atoms with Crippen LogP contribution in [0.1, 0.15) is 5.56 Å². The maximum Gasteiger partial charge on any atom is 0.330 e. The third-order valence-corrected chi connectivity index (χ3v) is 3.48. The van der Waals surface area contributed by atoms with Crippen LogP contribution in [0, 0.1) is 5.82 Å². The van der Waals surface area contributed by atoms with Crippen molar-refractivity contribution >= 4 is 22.9 Å². The van der Waals surface area contributed by atoms with E-state index in [0.29, 0.717) is 0 Å². The fourth-order valence-corrected chi connectivity index (χ4v) is 2.30. The fraction of sp³-hybridized carbons (Fsp3) is 0.0526. The van der Waals surface area contributed by atoms with Crippen LogP contribution in [0.5, 0.6) is 0 Å². The summed E-state index contributed by atoms with van der Waals surface area (Å²) in [5.41, 5.74) is 3.30. The Morgan fingerprint density at radius 1 is 1.13 bits per heavy atom. The highest BCUT2D eigenvalue weighted by Crippen LogP contribution is 2.24. The van der Waals surface area contributed by atoms with Gasteiger partial charge in [0.2, 0.25) is 0 Å². The van der Waals surface area contributed by atoms with Gasteiger partial charge < -0.3 is 4.74 Å². The minimum Gasteiger partial charge on any atom is -0.466 e. The molecule has 1 aromatic heterocycles. The maximum atomic E-state index is 13.3. The summed E-state index contributed by atoms with van der Waals surface area (Å²) in [5, 5.41) is 0.946. The number of nitrogens with zero attached hydrogens (tertiary/aromatic N) is 1. The number of ether oxygens (including phenoxy) is 1. The van der Waals surface area contributed by atoms with E-state index >= 15 is 0 Å². The summed E-state index contributed by atoms with van der Waals surface area (Å²) >= 11 is 0. The van der Waals surface area contributed by atoms with Gasteiger partial charge in [-0.3, -0.25) is 4.98 Å². The van der Waals surface area contributed by atoms with Gasteiger partial charge in [0.25, 0.3) is 0 Å². The van der Waals surface area contributed by atoms with Crippen molar-refractivity contribution in [1.82, 2.24) is 4.98 Å². The summed E-state index contributed by atoms with van der Waals surface area (Å²) in [5.74, 6) is -0.676. The summed E-state index contributed by atoms with van der Waals surface area (Å²) in [6.45, 7) is 0. The molecule has 0 aliphatic carbocycles. The van der Waals surface area contributed by atoms with Crippen LogP contribution in [0.3, 0.4) is 0 Å². The molecule has 0 saturated heterocycles. The third kappa shape index (κ3) is 3.43. The highest BCUT2D eigenvalue weighted by Gasteiger charge is 2.03. The van der Waals surface area contributed by atoms with Crippen molar-refractivity contribution in [2.75, 3.05) is 7.11 Å². The molecule has 0 N–H and O–H groups in total. The molecule has 0 unspecified atom stereocenters. The first kappa shape index (κ1) is 14.9. The van der Waals surface area contributed by atoms with Gasteiger partial charge in [0, 0.05) is 23.2 Å². The monoisotopic (exact) mass is 307 g/mol. The zero-order valence-electron chi connectivity index (χ0n) is 12.5. The predicted molar refractivity (Wildman–Crippen MR) is 88.2 cm³/mol. The van der Waals surface area contributed by atoms with Crippen molar-refractivity contribution in [3.63, 3.8) is 0 Å². The molecule has 3 rings (SSSR count). The van der Waals surface area contributed by atoms with E-state index in [4.69, 9.17) is 0 Å². The number of rotatable bonds is 3. The fourth-order valence-electron chi connectivity index (χ4n) is 2.30. The Hall–Kier alpha value is -3.01. The normalized spacial score (nSPS) is 11.0. The zero-order chi connectivity index (χ0) is 16.2. The van der Waals surface area contributed by atoms with E-state index in [1.807, 2.05) is 30.3 Å². The van der Waals surface area contributed by atoms with Gasteiger partial charge in [-0.2, -0.15) is 0 Å². The van der Waals surface area contributed by atoms with Crippen LogP contribution in [0.2, 0.25) is 0 Å². The van der Waals surface area contributed by atoms with Gasteiger partial charge in [-0.25, -0.2) is 9.18 Å². The van der Waals surface area contributed by atoms with Crippen LogP contribution in [-0.2, 0) is 9.53 Å². The quantitative estimate of drug-likeness (QED) is 0.537. The van der Waals surface area contributed by atoms with E-state index in [1.54, 1.807) is 18.3 Å².